The summed E-state index contributed by atoms with van der Waals surface area (Å²) in [7, 11) is 0. The molecule has 11 rings (SSSR count). The Hall–Kier alpha value is -7.56. The average molecular weight is 715 g/mol. The normalized spacial score (nSPS) is 11.6. The van der Waals surface area contributed by atoms with E-state index in [1.165, 1.54) is 43.5 Å². The maximum atomic E-state index is 5.08. The van der Waals surface area contributed by atoms with Gasteiger partial charge < -0.3 is 9.13 Å². The van der Waals surface area contributed by atoms with Crippen molar-refractivity contribution < 1.29 is 0 Å². The van der Waals surface area contributed by atoms with Crippen molar-refractivity contribution in [3.05, 3.63) is 206 Å². The Morgan fingerprint density at radius 1 is 0.321 bits per heavy atom. The summed E-state index contributed by atoms with van der Waals surface area (Å²) >= 11 is 0. The highest BCUT2D eigenvalue weighted by molar-refractivity contribution is 6.18. The number of aromatic nitrogens is 4. The van der Waals surface area contributed by atoms with Crippen molar-refractivity contribution in [3.63, 3.8) is 0 Å². The Kier molecular flexibility index (Phi) is 7.46. The second kappa shape index (κ2) is 13.1. The van der Waals surface area contributed by atoms with Crippen LogP contribution in [0.15, 0.2) is 206 Å². The number of rotatable bonds is 6. The summed E-state index contributed by atoms with van der Waals surface area (Å²) in [6, 6.07) is 71.1. The summed E-state index contributed by atoms with van der Waals surface area (Å²) in [6.07, 6.45) is 2.18. The number of hydrogen-bond acceptors (Lipinski definition) is 2. The molecule has 0 radical (unpaired) electrons. The number of nitrogens with zero attached hydrogens (tertiary/aromatic N) is 4. The molecule has 262 valence electrons. The summed E-state index contributed by atoms with van der Waals surface area (Å²) in [4.78, 5) is 10.1. The van der Waals surface area contributed by atoms with Crippen LogP contribution >= 0.6 is 0 Å². The van der Waals surface area contributed by atoms with Crippen LogP contribution in [0.25, 0.3) is 99.9 Å². The van der Waals surface area contributed by atoms with Gasteiger partial charge in [-0.3, -0.25) is 0 Å². The van der Waals surface area contributed by atoms with Crippen molar-refractivity contribution in [2.75, 3.05) is 0 Å². The van der Waals surface area contributed by atoms with Gasteiger partial charge >= 0.3 is 0 Å². The van der Waals surface area contributed by atoms with Crippen LogP contribution in [0.1, 0.15) is 0 Å². The van der Waals surface area contributed by atoms with Gasteiger partial charge in [0.25, 0.3) is 0 Å². The maximum absolute atomic E-state index is 5.08. The van der Waals surface area contributed by atoms with Crippen LogP contribution in [0.4, 0.5) is 0 Å². The first-order valence-electron chi connectivity index (χ1n) is 19.0. The standard InChI is InChI=1S/C52H34N4/c1-4-13-36(14-5-1)47-34-48(54-52(53-47)37-15-6-2-7-16-37)40-18-12-17-38(31-40)35-23-26-42(27-24-35)56-50-22-11-10-21-43(50)46-32-39-25-28-49-44(45(39)33-51(46)56)29-30-55(49)41-19-8-3-9-20-41/h1-34H. The first-order chi connectivity index (χ1) is 27.7. The zero-order valence-electron chi connectivity index (χ0n) is 30.4. The topological polar surface area (TPSA) is 35.6 Å². The molecule has 0 saturated heterocycles. The number of para-hydroxylation sites is 2. The van der Waals surface area contributed by atoms with E-state index < -0.39 is 0 Å². The minimum atomic E-state index is 0.713. The third-order valence-corrected chi connectivity index (χ3v) is 11.0. The summed E-state index contributed by atoms with van der Waals surface area (Å²) in [5, 5.41) is 6.23. The van der Waals surface area contributed by atoms with Gasteiger partial charge in [0.15, 0.2) is 5.82 Å². The van der Waals surface area contributed by atoms with E-state index in [4.69, 9.17) is 9.97 Å². The largest absolute Gasteiger partial charge is 0.317 e. The lowest BCUT2D eigenvalue weighted by Gasteiger charge is -2.12. The highest BCUT2D eigenvalue weighted by Crippen LogP contribution is 2.38. The van der Waals surface area contributed by atoms with E-state index in [0.717, 1.165) is 50.6 Å². The Morgan fingerprint density at radius 2 is 0.964 bits per heavy atom. The van der Waals surface area contributed by atoms with E-state index in [9.17, 15) is 0 Å². The third-order valence-electron chi connectivity index (χ3n) is 11.0. The first-order valence-corrected chi connectivity index (χ1v) is 19.0. The van der Waals surface area contributed by atoms with Crippen LogP contribution in [0.3, 0.4) is 0 Å². The fourth-order valence-electron chi connectivity index (χ4n) is 8.24. The summed E-state index contributed by atoms with van der Waals surface area (Å²) < 4.78 is 4.69. The molecule has 11 aromatic rings. The van der Waals surface area contributed by atoms with E-state index in [1.807, 2.05) is 36.4 Å². The van der Waals surface area contributed by atoms with E-state index in [0.29, 0.717) is 5.82 Å². The lowest BCUT2D eigenvalue weighted by Crippen LogP contribution is -1.96. The molecule has 0 saturated carbocycles. The smallest absolute Gasteiger partial charge is 0.160 e. The minimum absolute atomic E-state index is 0.713. The molecular formula is C52H34N4. The van der Waals surface area contributed by atoms with Crippen LogP contribution < -0.4 is 0 Å². The van der Waals surface area contributed by atoms with Crippen molar-refractivity contribution in [2.45, 2.75) is 0 Å². The van der Waals surface area contributed by atoms with Gasteiger partial charge in [0, 0.05) is 50.4 Å². The fraction of sp³-hybridized carbons (Fsp3) is 0. The molecule has 3 aromatic heterocycles. The maximum Gasteiger partial charge on any atom is 0.160 e. The van der Waals surface area contributed by atoms with Crippen LogP contribution in [0, 0.1) is 0 Å². The zero-order valence-corrected chi connectivity index (χ0v) is 30.4. The molecule has 0 spiro atoms. The molecule has 0 unspecified atom stereocenters. The summed E-state index contributed by atoms with van der Waals surface area (Å²) in [5.41, 5.74) is 13.0. The van der Waals surface area contributed by atoms with Crippen LogP contribution in [0.2, 0.25) is 0 Å². The Morgan fingerprint density at radius 3 is 1.75 bits per heavy atom. The van der Waals surface area contributed by atoms with Gasteiger partial charge in [0.1, 0.15) is 0 Å². The highest BCUT2D eigenvalue weighted by atomic mass is 15.0. The quantitative estimate of drug-likeness (QED) is 0.172. The van der Waals surface area contributed by atoms with Crippen LogP contribution in [-0.4, -0.2) is 19.1 Å². The molecule has 0 atom stereocenters. The van der Waals surface area contributed by atoms with Crippen LogP contribution in [0.5, 0.6) is 0 Å². The van der Waals surface area contributed by atoms with E-state index in [-0.39, 0.29) is 0 Å². The lowest BCUT2D eigenvalue weighted by atomic mass is 10.00. The van der Waals surface area contributed by atoms with E-state index >= 15 is 0 Å². The number of fused-ring (bicyclic) bond motifs is 6. The second-order valence-corrected chi connectivity index (χ2v) is 14.3. The molecule has 8 aromatic carbocycles. The van der Waals surface area contributed by atoms with Crippen molar-refractivity contribution in [1.82, 2.24) is 19.1 Å². The Bertz CT molecular complexity index is 3160. The van der Waals surface area contributed by atoms with E-state index in [1.54, 1.807) is 0 Å². The summed E-state index contributed by atoms with van der Waals surface area (Å²) in [5.74, 6) is 0.713. The zero-order chi connectivity index (χ0) is 37.0. The van der Waals surface area contributed by atoms with E-state index in [2.05, 4.69) is 179 Å². The van der Waals surface area contributed by atoms with Crippen molar-refractivity contribution >= 4 is 43.5 Å². The molecule has 4 heteroatoms. The SMILES string of the molecule is c1ccc(-c2cc(-c3cccc(-c4ccc(-n5c6ccccc6c6cc7ccc8c(ccn8-c8ccccc8)c7cc65)cc4)c3)nc(-c3ccccc3)n2)cc1. The molecule has 0 bridgehead atoms. The Labute approximate surface area is 324 Å². The highest BCUT2D eigenvalue weighted by Gasteiger charge is 2.16. The molecule has 0 aliphatic heterocycles. The van der Waals surface area contributed by atoms with Gasteiger partial charge in [-0.2, -0.15) is 0 Å². The van der Waals surface area contributed by atoms with Gasteiger partial charge in [-0.25, -0.2) is 9.97 Å². The predicted molar refractivity (Wildman–Crippen MR) is 232 cm³/mol. The van der Waals surface area contributed by atoms with Crippen molar-refractivity contribution in [2.24, 2.45) is 0 Å². The monoisotopic (exact) mass is 714 g/mol. The first kappa shape index (κ1) is 31.9. The third kappa shape index (κ3) is 5.39. The summed E-state index contributed by atoms with van der Waals surface area (Å²) in [6.45, 7) is 0. The Balaban J connectivity index is 1.01. The van der Waals surface area contributed by atoms with Crippen molar-refractivity contribution in [1.29, 1.82) is 0 Å². The number of benzene rings is 8. The molecule has 4 nitrogen and oxygen atoms in total. The van der Waals surface area contributed by atoms with Gasteiger partial charge in [-0.1, -0.05) is 133 Å². The number of hydrogen-bond donors (Lipinski definition) is 0. The second-order valence-electron chi connectivity index (χ2n) is 14.3. The van der Waals surface area contributed by atoms with Gasteiger partial charge in [0.05, 0.1) is 27.9 Å². The average Bonchev–Trinajstić information content (AvgIpc) is 3.86. The fourth-order valence-corrected chi connectivity index (χ4v) is 8.24. The molecule has 0 aliphatic rings. The molecule has 0 aliphatic carbocycles. The molecule has 0 fully saturated rings. The minimum Gasteiger partial charge on any atom is -0.317 e. The predicted octanol–water partition coefficient (Wildman–Crippen LogP) is 13.3. The van der Waals surface area contributed by atoms with Gasteiger partial charge in [-0.15, -0.1) is 0 Å². The van der Waals surface area contributed by atoms with Crippen LogP contribution in [-0.2, 0) is 0 Å². The molecular weight excluding hydrogens is 681 g/mol. The molecule has 56 heavy (non-hydrogen) atoms. The molecule has 0 N–H and O–H groups in total. The van der Waals surface area contributed by atoms with Gasteiger partial charge in [-0.05, 0) is 88.6 Å². The lowest BCUT2D eigenvalue weighted by molar-refractivity contribution is 1.13. The molecule has 0 amide bonds. The van der Waals surface area contributed by atoms with Crippen molar-refractivity contribution in [3.8, 4) is 56.4 Å². The molecule has 3 heterocycles. The van der Waals surface area contributed by atoms with Gasteiger partial charge in [0.2, 0.25) is 0 Å².